The van der Waals surface area contributed by atoms with Gasteiger partial charge in [0.1, 0.15) is 0 Å². The second-order valence-corrected chi connectivity index (χ2v) is 8.72. The highest BCUT2D eigenvalue weighted by molar-refractivity contribution is 7.14. The van der Waals surface area contributed by atoms with Crippen LogP contribution in [0.3, 0.4) is 0 Å². The van der Waals surface area contributed by atoms with Crippen LogP contribution in [0.5, 0.6) is 0 Å². The zero-order valence-corrected chi connectivity index (χ0v) is 16.3. The molecule has 24 heavy (non-hydrogen) atoms. The molecule has 6 nitrogen and oxygen atoms in total. The van der Waals surface area contributed by atoms with E-state index < -0.39 is 0 Å². The van der Waals surface area contributed by atoms with Gasteiger partial charge >= 0.3 is 0 Å². The maximum Gasteiger partial charge on any atom is 0.223 e. The zero-order chi connectivity index (χ0) is 17.7. The van der Waals surface area contributed by atoms with Gasteiger partial charge in [-0.05, 0) is 33.6 Å². The van der Waals surface area contributed by atoms with Crippen LogP contribution in [0.15, 0.2) is 11.6 Å². The summed E-state index contributed by atoms with van der Waals surface area (Å²) in [5, 5.41) is 8.32. The van der Waals surface area contributed by atoms with Gasteiger partial charge in [-0.15, -0.1) is 22.7 Å². The standard InChI is InChI=1S/C16H25N5OS2/c1-11(22)19-15-20-12(10-23-15)5-6-13-9-18-14(24-13)7-8-21(17)16(2,3)4/h9-10H,5-8,17H2,1-4H3,(H,19,20,22). The maximum atomic E-state index is 11.0. The van der Waals surface area contributed by atoms with E-state index in [2.05, 4.69) is 36.1 Å². The lowest BCUT2D eigenvalue weighted by atomic mass is 10.1. The average Bonchev–Trinajstić information content (AvgIpc) is 3.10. The Morgan fingerprint density at radius 3 is 2.75 bits per heavy atom. The molecule has 2 aromatic heterocycles. The molecule has 3 N–H and O–H groups in total. The van der Waals surface area contributed by atoms with Crippen molar-refractivity contribution in [3.63, 3.8) is 0 Å². The van der Waals surface area contributed by atoms with Crippen LogP contribution in [0.2, 0.25) is 0 Å². The minimum Gasteiger partial charge on any atom is -0.302 e. The number of thiazole rings is 2. The van der Waals surface area contributed by atoms with Gasteiger partial charge in [0.15, 0.2) is 5.13 Å². The predicted octanol–water partition coefficient (Wildman–Crippen LogP) is 2.86. The first kappa shape index (κ1) is 19.0. The molecule has 2 rings (SSSR count). The summed E-state index contributed by atoms with van der Waals surface area (Å²) in [7, 11) is 0. The topological polar surface area (TPSA) is 84.1 Å². The molecule has 2 aromatic rings. The molecule has 0 aromatic carbocycles. The zero-order valence-electron chi connectivity index (χ0n) is 14.6. The van der Waals surface area contributed by atoms with Gasteiger partial charge in [-0.25, -0.2) is 15.0 Å². The van der Waals surface area contributed by atoms with Crippen LogP contribution < -0.4 is 11.2 Å². The Morgan fingerprint density at radius 1 is 1.33 bits per heavy atom. The lowest BCUT2D eigenvalue weighted by molar-refractivity contribution is -0.114. The number of aromatic nitrogens is 2. The molecule has 0 aliphatic carbocycles. The van der Waals surface area contributed by atoms with Crippen LogP contribution in [-0.2, 0) is 24.1 Å². The number of anilines is 1. The summed E-state index contributed by atoms with van der Waals surface area (Å²) in [5.74, 6) is 5.96. The average molecular weight is 368 g/mol. The number of hydrogen-bond acceptors (Lipinski definition) is 7. The van der Waals surface area contributed by atoms with E-state index in [1.165, 1.54) is 23.1 Å². The first-order valence-corrected chi connectivity index (χ1v) is 9.61. The molecule has 0 saturated heterocycles. The van der Waals surface area contributed by atoms with Gasteiger partial charge in [0.2, 0.25) is 5.91 Å². The molecule has 0 fully saturated rings. The van der Waals surface area contributed by atoms with Crippen molar-refractivity contribution >= 4 is 33.7 Å². The second-order valence-electron chi connectivity index (χ2n) is 6.66. The highest BCUT2D eigenvalue weighted by atomic mass is 32.1. The van der Waals surface area contributed by atoms with E-state index in [0.717, 1.165) is 36.5 Å². The minimum atomic E-state index is -0.0906. The van der Waals surface area contributed by atoms with Gasteiger partial charge in [-0.3, -0.25) is 10.6 Å². The number of nitrogens with zero attached hydrogens (tertiary/aromatic N) is 3. The first-order chi connectivity index (χ1) is 11.2. The highest BCUT2D eigenvalue weighted by Crippen LogP contribution is 2.20. The molecule has 0 radical (unpaired) electrons. The van der Waals surface area contributed by atoms with Crippen molar-refractivity contribution in [2.75, 3.05) is 11.9 Å². The normalized spacial score (nSPS) is 11.9. The molecule has 0 bridgehead atoms. The van der Waals surface area contributed by atoms with Gasteiger partial charge in [-0.1, -0.05) is 0 Å². The van der Waals surface area contributed by atoms with E-state index in [9.17, 15) is 4.79 Å². The number of nitrogens with one attached hydrogen (secondary N) is 1. The molecular weight excluding hydrogens is 342 g/mol. The number of amides is 1. The molecule has 8 heteroatoms. The molecule has 2 heterocycles. The van der Waals surface area contributed by atoms with Crippen molar-refractivity contribution in [2.24, 2.45) is 5.84 Å². The lowest BCUT2D eigenvalue weighted by Crippen LogP contribution is -2.47. The van der Waals surface area contributed by atoms with Crippen molar-refractivity contribution in [1.82, 2.24) is 15.0 Å². The summed E-state index contributed by atoms with van der Waals surface area (Å²) in [6.07, 6.45) is 4.57. The monoisotopic (exact) mass is 367 g/mol. The third kappa shape index (κ3) is 5.94. The fraction of sp³-hybridized carbons (Fsp3) is 0.562. The van der Waals surface area contributed by atoms with Crippen LogP contribution in [-0.4, -0.2) is 33.0 Å². The highest BCUT2D eigenvalue weighted by Gasteiger charge is 2.17. The quantitative estimate of drug-likeness (QED) is 0.581. The van der Waals surface area contributed by atoms with E-state index >= 15 is 0 Å². The number of aryl methyl sites for hydroxylation is 2. The van der Waals surface area contributed by atoms with Crippen molar-refractivity contribution in [3.05, 3.63) is 27.2 Å². The summed E-state index contributed by atoms with van der Waals surface area (Å²) in [4.78, 5) is 21.2. The maximum absolute atomic E-state index is 11.0. The molecule has 0 atom stereocenters. The van der Waals surface area contributed by atoms with Gasteiger partial charge in [0, 0.05) is 41.9 Å². The van der Waals surface area contributed by atoms with Crippen LogP contribution in [0, 0.1) is 0 Å². The molecule has 0 saturated carbocycles. The van der Waals surface area contributed by atoms with E-state index in [1.807, 2.05) is 16.6 Å². The van der Waals surface area contributed by atoms with Gasteiger partial charge < -0.3 is 5.32 Å². The van der Waals surface area contributed by atoms with Crippen LogP contribution in [0.1, 0.15) is 43.3 Å². The largest absolute Gasteiger partial charge is 0.302 e. The number of hydrogen-bond donors (Lipinski definition) is 2. The van der Waals surface area contributed by atoms with E-state index in [1.54, 1.807) is 11.3 Å². The second kappa shape index (κ2) is 8.15. The fourth-order valence-corrected chi connectivity index (χ4v) is 3.71. The Kier molecular flexibility index (Phi) is 6.45. The predicted molar refractivity (Wildman–Crippen MR) is 100 cm³/mol. The Labute approximate surface area is 151 Å². The molecule has 0 spiro atoms. The molecule has 1 amide bonds. The van der Waals surface area contributed by atoms with Gasteiger partial charge in [0.05, 0.1) is 10.7 Å². The molecule has 0 unspecified atom stereocenters. The Balaban J connectivity index is 1.81. The summed E-state index contributed by atoms with van der Waals surface area (Å²) in [6.45, 7) is 8.58. The first-order valence-electron chi connectivity index (χ1n) is 7.92. The smallest absolute Gasteiger partial charge is 0.223 e. The van der Waals surface area contributed by atoms with Crippen LogP contribution in [0.4, 0.5) is 5.13 Å². The van der Waals surface area contributed by atoms with E-state index in [0.29, 0.717) is 5.13 Å². The molecular formula is C16H25N5OS2. The molecule has 132 valence electrons. The summed E-state index contributed by atoms with van der Waals surface area (Å²) < 4.78 is 0. The number of carbonyl (C=O) groups is 1. The summed E-state index contributed by atoms with van der Waals surface area (Å²) in [5.41, 5.74) is 0.968. The third-order valence-electron chi connectivity index (χ3n) is 3.49. The number of carbonyl (C=O) groups excluding carboxylic acids is 1. The minimum absolute atomic E-state index is 0.0314. The fourth-order valence-electron chi connectivity index (χ4n) is 2.01. The Bertz CT molecular complexity index is 674. The molecule has 0 aliphatic rings. The number of rotatable bonds is 7. The van der Waals surface area contributed by atoms with E-state index in [4.69, 9.17) is 5.84 Å². The Hall–Kier alpha value is -1.35. The van der Waals surface area contributed by atoms with Crippen molar-refractivity contribution < 1.29 is 4.79 Å². The summed E-state index contributed by atoms with van der Waals surface area (Å²) in [6, 6.07) is 0. The van der Waals surface area contributed by atoms with Crippen molar-refractivity contribution in [1.29, 1.82) is 0 Å². The lowest BCUT2D eigenvalue weighted by Gasteiger charge is -2.30. The van der Waals surface area contributed by atoms with E-state index in [-0.39, 0.29) is 11.4 Å². The molecule has 0 aliphatic heterocycles. The summed E-state index contributed by atoms with van der Waals surface area (Å²) >= 11 is 3.19. The van der Waals surface area contributed by atoms with Gasteiger partial charge in [0.25, 0.3) is 0 Å². The Morgan fingerprint density at radius 2 is 2.08 bits per heavy atom. The van der Waals surface area contributed by atoms with Crippen LogP contribution in [0.25, 0.3) is 0 Å². The number of hydrazine groups is 1. The SMILES string of the molecule is CC(=O)Nc1nc(CCc2cnc(CCN(N)C(C)(C)C)s2)cs1. The van der Waals surface area contributed by atoms with Gasteiger partial charge in [-0.2, -0.15) is 0 Å². The van der Waals surface area contributed by atoms with Crippen molar-refractivity contribution in [3.8, 4) is 0 Å². The number of nitrogens with two attached hydrogens (primary N) is 1. The third-order valence-corrected chi connectivity index (χ3v) is 5.42. The van der Waals surface area contributed by atoms with Crippen molar-refractivity contribution in [2.45, 2.75) is 52.5 Å². The van der Waals surface area contributed by atoms with Crippen LogP contribution >= 0.6 is 22.7 Å².